The highest BCUT2D eigenvalue weighted by Crippen LogP contribution is 2.34. The summed E-state index contributed by atoms with van der Waals surface area (Å²) in [7, 11) is -3.19. The Morgan fingerprint density at radius 2 is 2.05 bits per heavy atom. The van der Waals surface area contributed by atoms with Crippen molar-refractivity contribution in [2.24, 2.45) is 5.92 Å². The summed E-state index contributed by atoms with van der Waals surface area (Å²) >= 11 is 0. The van der Waals surface area contributed by atoms with Crippen molar-refractivity contribution < 1.29 is 22.8 Å². The number of amides is 1. The monoisotopic (exact) mass is 318 g/mol. The number of ether oxygens (including phenoxy) is 1. The van der Waals surface area contributed by atoms with Crippen LogP contribution in [0, 0.1) is 5.92 Å². The summed E-state index contributed by atoms with van der Waals surface area (Å²) < 4.78 is 30.5. The standard InChI is InChI=1S/C13H22N2O5S/c1-21(17,18)14-6-4-10-8-11(20-12(10)9-14)13(16)15-5-2-3-7-19-15/h10-12H,2-9H2,1H3/t10-,11-,12+/m1/s1. The Kier molecular flexibility index (Phi) is 4.22. The van der Waals surface area contributed by atoms with Gasteiger partial charge in [0, 0.05) is 19.6 Å². The van der Waals surface area contributed by atoms with Crippen LogP contribution in [0.25, 0.3) is 0 Å². The van der Waals surface area contributed by atoms with Gasteiger partial charge >= 0.3 is 0 Å². The van der Waals surface area contributed by atoms with Crippen LogP contribution in [0.15, 0.2) is 0 Å². The van der Waals surface area contributed by atoms with Gasteiger partial charge in [0.2, 0.25) is 10.0 Å². The van der Waals surface area contributed by atoms with E-state index in [1.54, 1.807) is 0 Å². The Labute approximate surface area is 125 Å². The maximum atomic E-state index is 12.4. The van der Waals surface area contributed by atoms with Crippen molar-refractivity contribution in [3.63, 3.8) is 0 Å². The number of hydrogen-bond donors (Lipinski definition) is 0. The zero-order valence-electron chi connectivity index (χ0n) is 12.2. The van der Waals surface area contributed by atoms with Crippen LogP contribution in [0.4, 0.5) is 0 Å². The lowest BCUT2D eigenvalue weighted by molar-refractivity contribution is -0.206. The Hall–Kier alpha value is -0.700. The quantitative estimate of drug-likeness (QED) is 0.715. The molecule has 3 fully saturated rings. The van der Waals surface area contributed by atoms with Gasteiger partial charge in [-0.05, 0) is 31.6 Å². The third kappa shape index (κ3) is 3.23. The van der Waals surface area contributed by atoms with Gasteiger partial charge in [-0.2, -0.15) is 4.31 Å². The van der Waals surface area contributed by atoms with Crippen molar-refractivity contribution in [1.29, 1.82) is 0 Å². The lowest BCUT2D eigenvalue weighted by Crippen LogP contribution is -2.45. The van der Waals surface area contributed by atoms with E-state index in [9.17, 15) is 13.2 Å². The average molecular weight is 318 g/mol. The summed E-state index contributed by atoms with van der Waals surface area (Å²) in [6.07, 6.45) is 3.90. The van der Waals surface area contributed by atoms with Gasteiger partial charge in [0.15, 0.2) is 0 Å². The molecule has 0 aromatic carbocycles. The van der Waals surface area contributed by atoms with E-state index in [1.807, 2.05) is 0 Å². The van der Waals surface area contributed by atoms with Crippen LogP contribution >= 0.6 is 0 Å². The van der Waals surface area contributed by atoms with E-state index in [0.717, 1.165) is 19.3 Å². The number of carbonyl (C=O) groups excluding carboxylic acids is 1. The SMILES string of the molecule is CS(=O)(=O)N1CC[C@@H]2C[C@H](C(=O)N3CCCCO3)O[C@H]2C1. The van der Waals surface area contributed by atoms with E-state index in [4.69, 9.17) is 9.57 Å². The smallest absolute Gasteiger partial charge is 0.275 e. The second-order valence-corrected chi connectivity index (χ2v) is 8.03. The number of fused-ring (bicyclic) bond motifs is 1. The Bertz CT molecular complexity index is 503. The van der Waals surface area contributed by atoms with Gasteiger partial charge in [0.25, 0.3) is 5.91 Å². The normalized spacial score (nSPS) is 34.7. The molecule has 0 aromatic heterocycles. The lowest BCUT2D eigenvalue weighted by atomic mass is 9.93. The highest BCUT2D eigenvalue weighted by molar-refractivity contribution is 7.88. The molecule has 3 rings (SSSR count). The molecule has 0 N–H and O–H groups in total. The number of hydroxylamine groups is 2. The third-order valence-corrected chi connectivity index (χ3v) is 5.78. The second kappa shape index (κ2) is 5.83. The number of piperidine rings is 1. The van der Waals surface area contributed by atoms with Gasteiger partial charge in [-0.1, -0.05) is 0 Å². The molecular formula is C13H22N2O5S. The molecule has 3 saturated heterocycles. The molecule has 0 bridgehead atoms. The van der Waals surface area contributed by atoms with Gasteiger partial charge in [0.1, 0.15) is 6.10 Å². The molecule has 7 nitrogen and oxygen atoms in total. The topological polar surface area (TPSA) is 76.2 Å². The molecule has 0 saturated carbocycles. The summed E-state index contributed by atoms with van der Waals surface area (Å²) in [6.45, 7) is 2.06. The first-order valence-electron chi connectivity index (χ1n) is 7.50. The molecule has 0 radical (unpaired) electrons. The predicted molar refractivity (Wildman–Crippen MR) is 74.7 cm³/mol. The highest BCUT2D eigenvalue weighted by atomic mass is 32.2. The number of hydrogen-bond acceptors (Lipinski definition) is 5. The van der Waals surface area contributed by atoms with Gasteiger partial charge < -0.3 is 4.74 Å². The maximum Gasteiger partial charge on any atom is 0.275 e. The van der Waals surface area contributed by atoms with Crippen molar-refractivity contribution in [3.05, 3.63) is 0 Å². The molecule has 0 aromatic rings. The van der Waals surface area contributed by atoms with E-state index < -0.39 is 16.1 Å². The molecular weight excluding hydrogens is 296 g/mol. The highest BCUT2D eigenvalue weighted by Gasteiger charge is 2.44. The molecule has 0 spiro atoms. The van der Waals surface area contributed by atoms with E-state index in [0.29, 0.717) is 32.7 Å². The zero-order chi connectivity index (χ0) is 15.0. The van der Waals surface area contributed by atoms with Crippen LogP contribution in [-0.2, 0) is 24.4 Å². The lowest BCUT2D eigenvalue weighted by Gasteiger charge is -2.32. The minimum atomic E-state index is -3.19. The van der Waals surface area contributed by atoms with Crippen molar-refractivity contribution in [3.8, 4) is 0 Å². The van der Waals surface area contributed by atoms with E-state index in [2.05, 4.69) is 0 Å². The maximum absolute atomic E-state index is 12.4. The summed E-state index contributed by atoms with van der Waals surface area (Å²) in [4.78, 5) is 17.7. The molecule has 3 aliphatic heterocycles. The van der Waals surface area contributed by atoms with Crippen molar-refractivity contribution >= 4 is 15.9 Å². The minimum absolute atomic E-state index is 0.116. The van der Waals surface area contributed by atoms with Crippen LogP contribution < -0.4 is 0 Å². The number of carbonyl (C=O) groups is 1. The first-order chi connectivity index (χ1) is 9.95. The van der Waals surface area contributed by atoms with Crippen LogP contribution in [-0.4, -0.2) is 68.4 Å². The van der Waals surface area contributed by atoms with Crippen LogP contribution in [0.1, 0.15) is 25.7 Å². The molecule has 0 unspecified atom stereocenters. The van der Waals surface area contributed by atoms with E-state index >= 15 is 0 Å². The Morgan fingerprint density at radius 1 is 1.24 bits per heavy atom. The number of rotatable bonds is 2. The molecule has 3 aliphatic rings. The molecule has 120 valence electrons. The van der Waals surface area contributed by atoms with E-state index in [1.165, 1.54) is 15.6 Å². The van der Waals surface area contributed by atoms with Crippen LogP contribution in [0.2, 0.25) is 0 Å². The first-order valence-corrected chi connectivity index (χ1v) is 9.35. The van der Waals surface area contributed by atoms with Gasteiger partial charge in [-0.3, -0.25) is 9.63 Å². The van der Waals surface area contributed by atoms with Crippen LogP contribution in [0.5, 0.6) is 0 Å². The minimum Gasteiger partial charge on any atom is -0.363 e. The number of sulfonamides is 1. The summed E-state index contributed by atoms with van der Waals surface area (Å²) in [5.74, 6) is 0.150. The molecule has 3 heterocycles. The molecule has 21 heavy (non-hydrogen) atoms. The molecule has 1 amide bonds. The van der Waals surface area contributed by atoms with Crippen LogP contribution in [0.3, 0.4) is 0 Å². The molecule has 0 aliphatic carbocycles. The second-order valence-electron chi connectivity index (χ2n) is 6.05. The largest absolute Gasteiger partial charge is 0.363 e. The Balaban J connectivity index is 1.61. The summed E-state index contributed by atoms with van der Waals surface area (Å²) in [5.41, 5.74) is 0. The van der Waals surface area contributed by atoms with Gasteiger partial charge in [0.05, 0.1) is 19.0 Å². The van der Waals surface area contributed by atoms with Gasteiger partial charge in [-0.25, -0.2) is 13.5 Å². The van der Waals surface area contributed by atoms with E-state index in [-0.39, 0.29) is 17.9 Å². The molecule has 3 atom stereocenters. The average Bonchev–Trinajstić information content (AvgIpc) is 2.89. The fraction of sp³-hybridized carbons (Fsp3) is 0.923. The number of nitrogens with zero attached hydrogens (tertiary/aromatic N) is 2. The zero-order valence-corrected chi connectivity index (χ0v) is 13.0. The predicted octanol–water partition coefficient (Wildman–Crippen LogP) is -0.0206. The van der Waals surface area contributed by atoms with Gasteiger partial charge in [-0.15, -0.1) is 0 Å². The summed E-state index contributed by atoms with van der Waals surface area (Å²) in [6, 6.07) is 0. The van der Waals surface area contributed by atoms with Crippen molar-refractivity contribution in [2.45, 2.75) is 37.9 Å². The summed E-state index contributed by atoms with van der Waals surface area (Å²) in [5, 5.41) is 1.42. The van der Waals surface area contributed by atoms with Crippen molar-refractivity contribution in [2.75, 3.05) is 32.5 Å². The first kappa shape index (κ1) is 15.2. The fourth-order valence-electron chi connectivity index (χ4n) is 3.29. The Morgan fingerprint density at radius 3 is 2.71 bits per heavy atom. The fourth-order valence-corrected chi connectivity index (χ4v) is 4.15. The van der Waals surface area contributed by atoms with Crippen molar-refractivity contribution in [1.82, 2.24) is 9.37 Å². The molecule has 8 heteroatoms. The third-order valence-electron chi connectivity index (χ3n) is 4.51.